The lowest BCUT2D eigenvalue weighted by Crippen LogP contribution is -2.12. The van der Waals surface area contributed by atoms with Crippen LogP contribution < -0.4 is 18.9 Å². The molecule has 29 heavy (non-hydrogen) atoms. The van der Waals surface area contributed by atoms with E-state index in [1.165, 1.54) is 13.2 Å². The molecule has 0 saturated heterocycles. The number of methoxy groups -OCH3 is 1. The topological polar surface area (TPSA) is 101 Å². The molecule has 0 fully saturated rings. The monoisotopic (exact) mass is 394 g/mol. The number of hydrogen-bond donors (Lipinski definition) is 1. The van der Waals surface area contributed by atoms with Crippen LogP contribution in [-0.4, -0.2) is 37.7 Å². The van der Waals surface area contributed by atoms with Gasteiger partial charge in [-0.3, -0.25) is 0 Å². The second-order valence-electron chi connectivity index (χ2n) is 6.47. The molecule has 0 radical (unpaired) electrons. The molecule has 0 aromatic heterocycles. The van der Waals surface area contributed by atoms with E-state index in [0.29, 0.717) is 44.9 Å². The summed E-state index contributed by atoms with van der Waals surface area (Å²) in [5.74, 6) is 0.105. The Morgan fingerprint density at radius 2 is 1.55 bits per heavy atom. The van der Waals surface area contributed by atoms with E-state index >= 15 is 0 Å². The fraction of sp³-hybridized carbons (Fsp3) is 0.143. The molecule has 146 valence electrons. The van der Waals surface area contributed by atoms with Gasteiger partial charge in [0, 0.05) is 5.56 Å². The maximum atomic E-state index is 12.6. The fourth-order valence-corrected chi connectivity index (χ4v) is 3.63. The number of rotatable bonds is 3. The number of benzene rings is 3. The molecule has 0 unspecified atom stereocenters. The van der Waals surface area contributed by atoms with E-state index in [-0.39, 0.29) is 24.7 Å². The minimum absolute atomic E-state index is 0.0507. The van der Waals surface area contributed by atoms with Gasteiger partial charge in [-0.2, -0.15) is 0 Å². The third-order valence-corrected chi connectivity index (χ3v) is 4.91. The third kappa shape index (κ3) is 2.60. The van der Waals surface area contributed by atoms with Crippen LogP contribution in [0.15, 0.2) is 36.4 Å². The molecule has 3 aromatic carbocycles. The molecule has 0 saturated carbocycles. The summed E-state index contributed by atoms with van der Waals surface area (Å²) in [6, 6.07) is 10.0. The number of carbonyl (C=O) groups is 2. The van der Waals surface area contributed by atoms with Gasteiger partial charge in [0.2, 0.25) is 13.6 Å². The molecule has 0 bridgehead atoms. The molecule has 2 heterocycles. The molecule has 0 aliphatic carbocycles. The van der Waals surface area contributed by atoms with Gasteiger partial charge < -0.3 is 28.8 Å². The van der Waals surface area contributed by atoms with Gasteiger partial charge in [-0.25, -0.2) is 9.59 Å². The zero-order valence-electron chi connectivity index (χ0n) is 15.2. The Morgan fingerprint density at radius 3 is 2.24 bits per heavy atom. The van der Waals surface area contributed by atoms with Crippen LogP contribution in [0, 0.1) is 0 Å². The average molecular weight is 394 g/mol. The fourth-order valence-electron chi connectivity index (χ4n) is 3.63. The Hall–Kier alpha value is -3.94. The summed E-state index contributed by atoms with van der Waals surface area (Å²) in [4.78, 5) is 24.6. The van der Waals surface area contributed by atoms with Gasteiger partial charge in [-0.05, 0) is 46.7 Å². The average Bonchev–Trinajstić information content (AvgIpc) is 3.38. The van der Waals surface area contributed by atoms with Gasteiger partial charge in [-0.15, -0.1) is 0 Å². The van der Waals surface area contributed by atoms with Gasteiger partial charge in [-0.1, -0.05) is 6.07 Å². The molecule has 8 heteroatoms. The van der Waals surface area contributed by atoms with E-state index in [1.54, 1.807) is 30.3 Å². The van der Waals surface area contributed by atoms with Crippen LogP contribution in [0.4, 0.5) is 0 Å². The van der Waals surface area contributed by atoms with Gasteiger partial charge in [0.1, 0.15) is 0 Å². The van der Waals surface area contributed by atoms with Crippen LogP contribution in [-0.2, 0) is 4.74 Å². The third-order valence-electron chi connectivity index (χ3n) is 4.91. The van der Waals surface area contributed by atoms with E-state index in [4.69, 9.17) is 23.7 Å². The van der Waals surface area contributed by atoms with E-state index in [9.17, 15) is 14.7 Å². The second kappa shape index (κ2) is 6.30. The molecule has 0 spiro atoms. The SMILES string of the molecule is COC(=O)c1c(C(=O)O)cc2cc3c(cc2c1-c1ccc2c(c1)OCO2)OCO3. The summed E-state index contributed by atoms with van der Waals surface area (Å²) < 4.78 is 26.6. The molecule has 3 aromatic rings. The quantitative estimate of drug-likeness (QED) is 0.674. The van der Waals surface area contributed by atoms with Crippen molar-refractivity contribution in [2.24, 2.45) is 0 Å². The van der Waals surface area contributed by atoms with Crippen molar-refractivity contribution in [2.45, 2.75) is 0 Å². The van der Waals surface area contributed by atoms with Gasteiger partial charge in [0.25, 0.3) is 0 Å². The van der Waals surface area contributed by atoms with Gasteiger partial charge in [0.05, 0.1) is 18.2 Å². The molecule has 5 rings (SSSR count). The normalized spacial score (nSPS) is 13.6. The van der Waals surface area contributed by atoms with E-state index in [2.05, 4.69) is 0 Å². The Labute approximate surface area is 164 Å². The Morgan fingerprint density at radius 1 is 0.897 bits per heavy atom. The Balaban J connectivity index is 1.90. The summed E-state index contributed by atoms with van der Waals surface area (Å²) in [5.41, 5.74) is 0.770. The van der Waals surface area contributed by atoms with Crippen LogP contribution in [0.5, 0.6) is 23.0 Å². The number of aromatic carboxylic acids is 1. The predicted molar refractivity (Wildman–Crippen MR) is 99.9 cm³/mol. The van der Waals surface area contributed by atoms with E-state index in [1.807, 2.05) is 0 Å². The lowest BCUT2D eigenvalue weighted by Gasteiger charge is -2.16. The molecule has 0 amide bonds. The molecule has 2 aliphatic heterocycles. The van der Waals surface area contributed by atoms with Crippen molar-refractivity contribution in [1.29, 1.82) is 0 Å². The summed E-state index contributed by atoms with van der Waals surface area (Å²) in [6.07, 6.45) is 0. The lowest BCUT2D eigenvalue weighted by molar-refractivity contribution is 0.0584. The van der Waals surface area contributed by atoms with Crippen LogP contribution in [0.3, 0.4) is 0 Å². The minimum Gasteiger partial charge on any atom is -0.478 e. The number of fused-ring (bicyclic) bond motifs is 3. The van der Waals surface area contributed by atoms with Gasteiger partial charge in [0.15, 0.2) is 23.0 Å². The first kappa shape index (κ1) is 17.2. The van der Waals surface area contributed by atoms with Crippen molar-refractivity contribution in [1.82, 2.24) is 0 Å². The van der Waals surface area contributed by atoms with Crippen LogP contribution in [0.1, 0.15) is 20.7 Å². The zero-order valence-corrected chi connectivity index (χ0v) is 15.2. The highest BCUT2D eigenvalue weighted by Crippen LogP contribution is 2.44. The molecule has 1 N–H and O–H groups in total. The second-order valence-corrected chi connectivity index (χ2v) is 6.47. The number of carboxylic acids is 1. The van der Waals surface area contributed by atoms with Crippen molar-refractivity contribution >= 4 is 22.7 Å². The highest BCUT2D eigenvalue weighted by atomic mass is 16.7. The smallest absolute Gasteiger partial charge is 0.339 e. The predicted octanol–water partition coefficient (Wildman–Crippen LogP) is 3.45. The molecule has 2 aliphatic rings. The highest BCUT2D eigenvalue weighted by Gasteiger charge is 2.28. The summed E-state index contributed by atoms with van der Waals surface area (Å²) >= 11 is 0. The summed E-state index contributed by atoms with van der Waals surface area (Å²) in [6.45, 7) is 0.165. The molecule has 8 nitrogen and oxygen atoms in total. The number of carboxylic acid groups (broad SMARTS) is 1. The van der Waals surface area contributed by atoms with Crippen molar-refractivity contribution in [3.8, 4) is 34.1 Å². The van der Waals surface area contributed by atoms with Crippen molar-refractivity contribution in [3.63, 3.8) is 0 Å². The molecular formula is C21H14O8. The van der Waals surface area contributed by atoms with Gasteiger partial charge >= 0.3 is 11.9 Å². The first-order chi connectivity index (χ1) is 14.1. The van der Waals surface area contributed by atoms with E-state index in [0.717, 1.165) is 0 Å². The number of hydrogen-bond acceptors (Lipinski definition) is 7. The maximum absolute atomic E-state index is 12.6. The summed E-state index contributed by atoms with van der Waals surface area (Å²) in [5, 5.41) is 11.0. The number of ether oxygens (including phenoxy) is 5. The first-order valence-electron chi connectivity index (χ1n) is 8.69. The molecule has 0 atom stereocenters. The Bertz CT molecular complexity index is 1200. The van der Waals surface area contributed by atoms with Crippen LogP contribution in [0.2, 0.25) is 0 Å². The highest BCUT2D eigenvalue weighted by molar-refractivity contribution is 6.15. The first-order valence-corrected chi connectivity index (χ1v) is 8.69. The van der Waals surface area contributed by atoms with Crippen molar-refractivity contribution in [3.05, 3.63) is 47.5 Å². The van der Waals surface area contributed by atoms with Crippen LogP contribution >= 0.6 is 0 Å². The number of carbonyl (C=O) groups excluding carboxylic acids is 1. The number of esters is 1. The maximum Gasteiger partial charge on any atom is 0.339 e. The zero-order chi connectivity index (χ0) is 20.1. The standard InChI is InChI=1S/C21H14O8/c1-25-21(24)19-13(20(22)23)4-11-6-16-17(29-9-28-16)7-12(11)18(19)10-2-3-14-15(5-10)27-8-26-14/h2-7H,8-9H2,1H3,(H,22,23). The van der Waals surface area contributed by atoms with Crippen molar-refractivity contribution in [2.75, 3.05) is 20.7 Å². The lowest BCUT2D eigenvalue weighted by atomic mass is 9.89. The van der Waals surface area contributed by atoms with E-state index < -0.39 is 11.9 Å². The Kier molecular flexibility index (Phi) is 3.73. The summed E-state index contributed by atoms with van der Waals surface area (Å²) in [7, 11) is 1.21. The largest absolute Gasteiger partial charge is 0.478 e. The minimum atomic E-state index is -1.24. The molecular weight excluding hydrogens is 380 g/mol. The van der Waals surface area contributed by atoms with Crippen molar-refractivity contribution < 1.29 is 38.4 Å². The van der Waals surface area contributed by atoms with Crippen LogP contribution in [0.25, 0.3) is 21.9 Å².